The molecule has 4 aromatic rings. The molecule has 0 amide bonds. The molecule has 1 unspecified atom stereocenters. The van der Waals surface area contributed by atoms with E-state index in [2.05, 4.69) is 20.4 Å². The van der Waals surface area contributed by atoms with Crippen molar-refractivity contribution in [3.05, 3.63) is 76.7 Å². The zero-order valence-corrected chi connectivity index (χ0v) is 16.6. The number of methoxy groups -OCH3 is 1. The minimum Gasteiger partial charge on any atom is -0.469 e. The number of hydrogen-bond acceptors (Lipinski definition) is 6. The van der Waals surface area contributed by atoms with Gasteiger partial charge in [-0.25, -0.2) is 4.68 Å². The lowest BCUT2D eigenvalue weighted by atomic mass is 10.0. The van der Waals surface area contributed by atoms with Gasteiger partial charge in [0, 0.05) is 5.69 Å². The van der Waals surface area contributed by atoms with Crippen LogP contribution >= 0.6 is 0 Å². The van der Waals surface area contributed by atoms with Gasteiger partial charge in [0.05, 0.1) is 24.9 Å². The first-order valence-corrected chi connectivity index (χ1v) is 9.52. The molecule has 0 fully saturated rings. The van der Waals surface area contributed by atoms with E-state index >= 15 is 0 Å². The van der Waals surface area contributed by atoms with Crippen LogP contribution in [-0.2, 0) is 16.0 Å². The van der Waals surface area contributed by atoms with Gasteiger partial charge in [-0.1, -0.05) is 37.3 Å². The SMILES string of the molecule is COC(=O)C(C)Cc1ccc(Nc2nc3c(cnn3-c3ccccc3)c(=O)[nH]2)cc1. The van der Waals surface area contributed by atoms with Gasteiger partial charge in [-0.3, -0.25) is 14.6 Å². The molecular weight excluding hydrogens is 382 g/mol. The van der Waals surface area contributed by atoms with Crippen LogP contribution in [0.3, 0.4) is 0 Å². The van der Waals surface area contributed by atoms with E-state index in [4.69, 9.17) is 4.74 Å². The van der Waals surface area contributed by atoms with E-state index in [1.807, 2.05) is 61.5 Å². The van der Waals surface area contributed by atoms with Crippen LogP contribution in [0, 0.1) is 5.92 Å². The summed E-state index contributed by atoms with van der Waals surface area (Å²) in [4.78, 5) is 31.3. The van der Waals surface area contributed by atoms with Gasteiger partial charge in [-0.2, -0.15) is 10.1 Å². The predicted octanol–water partition coefficient (Wildman–Crippen LogP) is 3.20. The first-order valence-electron chi connectivity index (χ1n) is 9.52. The predicted molar refractivity (Wildman–Crippen MR) is 114 cm³/mol. The van der Waals surface area contributed by atoms with E-state index < -0.39 is 0 Å². The normalized spacial score (nSPS) is 11.9. The Labute approximate surface area is 172 Å². The number of fused-ring (bicyclic) bond motifs is 1. The maximum Gasteiger partial charge on any atom is 0.308 e. The lowest BCUT2D eigenvalue weighted by molar-refractivity contribution is -0.144. The van der Waals surface area contributed by atoms with Crippen LogP contribution < -0.4 is 10.9 Å². The third-order valence-corrected chi connectivity index (χ3v) is 4.80. The summed E-state index contributed by atoms with van der Waals surface area (Å²) in [5.41, 5.74) is 2.79. The molecule has 8 heteroatoms. The molecule has 0 aliphatic heterocycles. The standard InChI is InChI=1S/C22H21N5O3/c1-14(21(29)30-2)12-15-8-10-16(11-9-15)24-22-25-19-18(20(28)26-22)13-23-27(19)17-6-4-3-5-7-17/h3-11,13-14H,12H2,1-2H3,(H2,24,25,26,28). The summed E-state index contributed by atoms with van der Waals surface area (Å²) in [5.74, 6) is -0.129. The maximum absolute atomic E-state index is 12.5. The van der Waals surface area contributed by atoms with Gasteiger partial charge < -0.3 is 10.1 Å². The molecule has 1 atom stereocenters. The molecular formula is C22H21N5O3. The minimum absolute atomic E-state index is 0.215. The van der Waals surface area contributed by atoms with Gasteiger partial charge in [-0.05, 0) is 36.2 Å². The van der Waals surface area contributed by atoms with E-state index in [-0.39, 0.29) is 17.4 Å². The zero-order valence-electron chi connectivity index (χ0n) is 16.6. The van der Waals surface area contributed by atoms with Gasteiger partial charge in [0.15, 0.2) is 5.65 Å². The summed E-state index contributed by atoms with van der Waals surface area (Å²) in [7, 11) is 1.39. The molecule has 8 nitrogen and oxygen atoms in total. The van der Waals surface area contributed by atoms with Crippen molar-refractivity contribution in [3.63, 3.8) is 0 Å². The van der Waals surface area contributed by atoms with Crippen LogP contribution in [0.1, 0.15) is 12.5 Å². The average molecular weight is 403 g/mol. The van der Waals surface area contributed by atoms with E-state index in [0.717, 1.165) is 16.9 Å². The molecule has 0 aliphatic carbocycles. The summed E-state index contributed by atoms with van der Waals surface area (Å²) in [6.45, 7) is 1.83. The molecule has 0 radical (unpaired) electrons. The van der Waals surface area contributed by atoms with Crippen molar-refractivity contribution in [1.82, 2.24) is 19.7 Å². The van der Waals surface area contributed by atoms with Crippen LogP contribution in [0.2, 0.25) is 0 Å². The number of carbonyl (C=O) groups excluding carboxylic acids is 1. The summed E-state index contributed by atoms with van der Waals surface area (Å²) in [5, 5.41) is 7.84. The van der Waals surface area contributed by atoms with Crippen molar-refractivity contribution >= 4 is 28.6 Å². The minimum atomic E-state index is -0.270. The van der Waals surface area contributed by atoms with E-state index in [9.17, 15) is 9.59 Å². The van der Waals surface area contributed by atoms with Crippen LogP contribution in [0.4, 0.5) is 11.6 Å². The number of para-hydroxylation sites is 1. The molecule has 0 bridgehead atoms. The van der Waals surface area contributed by atoms with Gasteiger partial charge in [0.25, 0.3) is 5.56 Å². The Hall–Kier alpha value is -3.94. The highest BCUT2D eigenvalue weighted by Crippen LogP contribution is 2.19. The van der Waals surface area contributed by atoms with Crippen LogP contribution in [0.15, 0.2) is 65.6 Å². The molecule has 2 N–H and O–H groups in total. The van der Waals surface area contributed by atoms with Gasteiger partial charge in [0.2, 0.25) is 5.95 Å². The fourth-order valence-electron chi connectivity index (χ4n) is 3.23. The average Bonchev–Trinajstić information content (AvgIpc) is 3.19. The van der Waals surface area contributed by atoms with Crippen molar-refractivity contribution < 1.29 is 9.53 Å². The maximum atomic E-state index is 12.5. The highest BCUT2D eigenvalue weighted by molar-refractivity contribution is 5.77. The number of aromatic nitrogens is 4. The Morgan fingerprint density at radius 2 is 1.90 bits per heavy atom. The number of benzene rings is 2. The number of hydrogen-bond donors (Lipinski definition) is 2. The second-order valence-corrected chi connectivity index (χ2v) is 6.99. The summed E-state index contributed by atoms with van der Waals surface area (Å²) in [6.07, 6.45) is 2.10. The van der Waals surface area contributed by atoms with E-state index in [0.29, 0.717) is 23.4 Å². The largest absolute Gasteiger partial charge is 0.469 e. The molecule has 0 aliphatic rings. The molecule has 2 aromatic carbocycles. The zero-order chi connectivity index (χ0) is 21.1. The van der Waals surface area contributed by atoms with Gasteiger partial charge >= 0.3 is 5.97 Å². The van der Waals surface area contributed by atoms with Crippen LogP contribution in [0.25, 0.3) is 16.7 Å². The highest BCUT2D eigenvalue weighted by Gasteiger charge is 2.14. The second kappa shape index (κ2) is 8.20. The lowest BCUT2D eigenvalue weighted by Gasteiger charge is -2.10. The fourth-order valence-corrected chi connectivity index (χ4v) is 3.23. The lowest BCUT2D eigenvalue weighted by Crippen LogP contribution is -2.15. The van der Waals surface area contributed by atoms with Crippen LogP contribution in [0.5, 0.6) is 0 Å². The van der Waals surface area contributed by atoms with E-state index in [1.165, 1.54) is 13.3 Å². The molecule has 2 aromatic heterocycles. The Morgan fingerprint density at radius 3 is 2.60 bits per heavy atom. The van der Waals surface area contributed by atoms with Crippen molar-refractivity contribution in [2.45, 2.75) is 13.3 Å². The van der Waals surface area contributed by atoms with Crippen molar-refractivity contribution in [2.24, 2.45) is 5.92 Å². The van der Waals surface area contributed by atoms with Crippen molar-refractivity contribution in [3.8, 4) is 5.69 Å². The first kappa shape index (κ1) is 19.4. The topological polar surface area (TPSA) is 102 Å². The Morgan fingerprint density at radius 1 is 1.17 bits per heavy atom. The quantitative estimate of drug-likeness (QED) is 0.480. The third kappa shape index (κ3) is 3.93. The second-order valence-electron chi connectivity index (χ2n) is 6.99. The Balaban J connectivity index is 1.58. The van der Waals surface area contributed by atoms with Crippen molar-refractivity contribution in [1.29, 1.82) is 0 Å². The molecule has 0 spiro atoms. The first-order chi connectivity index (χ1) is 14.5. The summed E-state index contributed by atoms with van der Waals surface area (Å²) >= 11 is 0. The number of nitrogens with one attached hydrogen (secondary N) is 2. The number of nitrogens with zero attached hydrogens (tertiary/aromatic N) is 3. The van der Waals surface area contributed by atoms with Crippen LogP contribution in [-0.4, -0.2) is 32.8 Å². The number of anilines is 2. The number of carbonyl (C=O) groups is 1. The molecule has 152 valence electrons. The van der Waals surface area contributed by atoms with E-state index in [1.54, 1.807) is 4.68 Å². The molecule has 30 heavy (non-hydrogen) atoms. The Bertz CT molecular complexity index is 1230. The Kier molecular flexibility index (Phi) is 5.30. The number of rotatable bonds is 6. The summed E-state index contributed by atoms with van der Waals surface area (Å²) in [6, 6.07) is 17.1. The molecule has 0 saturated carbocycles. The molecule has 4 rings (SSSR count). The van der Waals surface area contributed by atoms with Crippen molar-refractivity contribution in [2.75, 3.05) is 12.4 Å². The monoisotopic (exact) mass is 403 g/mol. The molecule has 2 heterocycles. The van der Waals surface area contributed by atoms with Gasteiger partial charge in [-0.15, -0.1) is 0 Å². The number of esters is 1. The fraction of sp³-hybridized carbons (Fsp3) is 0.182. The smallest absolute Gasteiger partial charge is 0.308 e. The number of H-pyrrole nitrogens is 1. The number of aromatic amines is 1. The summed E-state index contributed by atoms with van der Waals surface area (Å²) < 4.78 is 6.40. The molecule has 0 saturated heterocycles. The number of ether oxygens (including phenoxy) is 1. The highest BCUT2D eigenvalue weighted by atomic mass is 16.5. The third-order valence-electron chi connectivity index (χ3n) is 4.80. The van der Waals surface area contributed by atoms with Gasteiger partial charge in [0.1, 0.15) is 5.39 Å².